The summed E-state index contributed by atoms with van der Waals surface area (Å²) in [6.45, 7) is 0. The van der Waals surface area contributed by atoms with Crippen molar-refractivity contribution in [1.82, 2.24) is 15.4 Å². The first-order valence-electron chi connectivity index (χ1n) is 7.07. The number of nitro groups is 1. The minimum atomic E-state index is -0.494. The van der Waals surface area contributed by atoms with Gasteiger partial charge in [0, 0.05) is 30.1 Å². The smallest absolute Gasteiger partial charge is 0.291 e. The van der Waals surface area contributed by atoms with Crippen molar-refractivity contribution in [3.05, 3.63) is 76.6 Å². The molecule has 124 valence electrons. The van der Waals surface area contributed by atoms with Gasteiger partial charge in [-0.2, -0.15) is 5.10 Å². The van der Waals surface area contributed by atoms with Crippen LogP contribution in [0.1, 0.15) is 16.2 Å². The number of carbonyl (C=O) groups excluding carboxylic acids is 1. The average molecular weight is 337 g/mol. The fourth-order valence-electron chi connectivity index (χ4n) is 1.95. The highest BCUT2D eigenvalue weighted by Crippen LogP contribution is 2.23. The molecule has 0 radical (unpaired) electrons. The maximum Gasteiger partial charge on any atom is 0.291 e. The van der Waals surface area contributed by atoms with Crippen molar-refractivity contribution in [3.8, 4) is 11.3 Å². The van der Waals surface area contributed by atoms with Crippen molar-refractivity contribution in [1.29, 1.82) is 0 Å². The molecule has 2 heterocycles. The van der Waals surface area contributed by atoms with Crippen LogP contribution < -0.4 is 5.43 Å². The summed E-state index contributed by atoms with van der Waals surface area (Å²) in [7, 11) is 0. The van der Waals surface area contributed by atoms with Gasteiger partial charge in [0.25, 0.3) is 11.6 Å². The van der Waals surface area contributed by atoms with E-state index in [2.05, 4.69) is 20.5 Å². The van der Waals surface area contributed by atoms with Crippen LogP contribution in [0.15, 0.2) is 64.5 Å². The summed E-state index contributed by atoms with van der Waals surface area (Å²) in [5, 5.41) is 14.4. The Morgan fingerprint density at radius 2 is 2.00 bits per heavy atom. The number of hydrogen-bond acceptors (Lipinski definition) is 7. The van der Waals surface area contributed by atoms with Crippen LogP contribution in [-0.4, -0.2) is 27.0 Å². The van der Waals surface area contributed by atoms with E-state index in [0.29, 0.717) is 17.1 Å². The van der Waals surface area contributed by atoms with E-state index in [4.69, 9.17) is 4.42 Å². The maximum atomic E-state index is 11.7. The largest absolute Gasteiger partial charge is 0.455 e. The molecule has 0 aliphatic rings. The van der Waals surface area contributed by atoms with Gasteiger partial charge in [0.1, 0.15) is 17.2 Å². The summed E-state index contributed by atoms with van der Waals surface area (Å²) >= 11 is 0. The number of amides is 1. The molecule has 0 fully saturated rings. The average Bonchev–Trinajstić information content (AvgIpc) is 3.11. The SMILES string of the molecule is O=C(NN=Cc1ccc(-c2ccc([N+](=O)[O-])cc2)o1)c1cnccn1. The number of nitrogens with zero attached hydrogens (tertiary/aromatic N) is 4. The molecular weight excluding hydrogens is 326 g/mol. The molecule has 1 N–H and O–H groups in total. The molecule has 0 unspecified atom stereocenters. The maximum absolute atomic E-state index is 11.7. The van der Waals surface area contributed by atoms with Gasteiger partial charge in [0.15, 0.2) is 0 Å². The van der Waals surface area contributed by atoms with Gasteiger partial charge in [-0.3, -0.25) is 19.9 Å². The highest BCUT2D eigenvalue weighted by Gasteiger charge is 2.08. The zero-order valence-electron chi connectivity index (χ0n) is 12.7. The summed E-state index contributed by atoms with van der Waals surface area (Å²) in [6, 6.07) is 9.34. The Hall–Kier alpha value is -3.88. The number of aromatic nitrogens is 2. The summed E-state index contributed by atoms with van der Waals surface area (Å²) in [4.78, 5) is 29.6. The molecule has 25 heavy (non-hydrogen) atoms. The van der Waals surface area contributed by atoms with Crippen LogP contribution in [0, 0.1) is 10.1 Å². The fourth-order valence-corrected chi connectivity index (χ4v) is 1.95. The molecule has 0 saturated carbocycles. The van der Waals surface area contributed by atoms with Crippen molar-refractivity contribution in [2.24, 2.45) is 5.10 Å². The molecule has 9 nitrogen and oxygen atoms in total. The number of hydrazone groups is 1. The fraction of sp³-hybridized carbons (Fsp3) is 0. The van der Waals surface area contributed by atoms with E-state index in [1.165, 1.54) is 36.9 Å². The number of benzene rings is 1. The first-order valence-corrected chi connectivity index (χ1v) is 7.07. The van der Waals surface area contributed by atoms with Crippen LogP contribution in [0.2, 0.25) is 0 Å². The van der Waals surface area contributed by atoms with Crippen LogP contribution in [-0.2, 0) is 0 Å². The van der Waals surface area contributed by atoms with Gasteiger partial charge in [0.05, 0.1) is 17.3 Å². The van der Waals surface area contributed by atoms with Gasteiger partial charge in [-0.15, -0.1) is 0 Å². The summed E-state index contributed by atoms with van der Waals surface area (Å²) in [6.07, 6.45) is 5.53. The predicted molar refractivity (Wildman–Crippen MR) is 87.9 cm³/mol. The highest BCUT2D eigenvalue weighted by molar-refractivity contribution is 5.92. The summed E-state index contributed by atoms with van der Waals surface area (Å²) in [5.41, 5.74) is 3.15. The van der Waals surface area contributed by atoms with E-state index in [1.54, 1.807) is 24.3 Å². The third-order valence-electron chi connectivity index (χ3n) is 3.14. The number of carbonyl (C=O) groups is 1. The van der Waals surface area contributed by atoms with E-state index >= 15 is 0 Å². The number of nitro benzene ring substituents is 1. The zero-order valence-corrected chi connectivity index (χ0v) is 12.7. The lowest BCUT2D eigenvalue weighted by atomic mass is 10.1. The lowest BCUT2D eigenvalue weighted by Gasteiger charge is -1.97. The highest BCUT2D eigenvalue weighted by atomic mass is 16.6. The van der Waals surface area contributed by atoms with Gasteiger partial charge >= 0.3 is 0 Å². The van der Waals surface area contributed by atoms with Crippen molar-refractivity contribution < 1.29 is 14.1 Å². The number of rotatable bonds is 5. The van der Waals surface area contributed by atoms with Crippen molar-refractivity contribution in [2.45, 2.75) is 0 Å². The number of non-ortho nitro benzene ring substituents is 1. The van der Waals surface area contributed by atoms with Gasteiger partial charge in [-0.1, -0.05) is 0 Å². The van der Waals surface area contributed by atoms with Crippen molar-refractivity contribution in [2.75, 3.05) is 0 Å². The van der Waals surface area contributed by atoms with Crippen LogP contribution in [0.25, 0.3) is 11.3 Å². The second-order valence-corrected chi connectivity index (χ2v) is 4.80. The lowest BCUT2D eigenvalue weighted by Crippen LogP contribution is -2.18. The van der Waals surface area contributed by atoms with Gasteiger partial charge in [0.2, 0.25) is 0 Å². The van der Waals surface area contributed by atoms with E-state index in [9.17, 15) is 14.9 Å². The third kappa shape index (κ3) is 3.91. The minimum absolute atomic E-state index is 0.00353. The topological polar surface area (TPSA) is 124 Å². The molecular formula is C16H11N5O4. The quantitative estimate of drug-likeness (QED) is 0.433. The lowest BCUT2D eigenvalue weighted by molar-refractivity contribution is -0.384. The molecule has 0 saturated heterocycles. The van der Waals surface area contributed by atoms with Gasteiger partial charge in [-0.25, -0.2) is 10.4 Å². The standard InChI is InChI=1S/C16H11N5O4/c22-16(14-10-17-7-8-18-14)20-19-9-13-5-6-15(25-13)11-1-3-12(4-2-11)21(23)24/h1-10H,(H,20,22). The Morgan fingerprint density at radius 1 is 1.20 bits per heavy atom. The Morgan fingerprint density at radius 3 is 2.68 bits per heavy atom. The molecule has 0 aliphatic heterocycles. The molecule has 2 aromatic heterocycles. The number of nitrogens with one attached hydrogen (secondary N) is 1. The molecule has 0 atom stereocenters. The van der Waals surface area contributed by atoms with Crippen LogP contribution in [0.5, 0.6) is 0 Å². The predicted octanol–water partition coefficient (Wildman–Crippen LogP) is 2.41. The molecule has 1 amide bonds. The molecule has 1 aromatic carbocycles. The minimum Gasteiger partial charge on any atom is -0.455 e. The molecule has 0 spiro atoms. The van der Waals surface area contributed by atoms with E-state index in [0.717, 1.165) is 0 Å². The second kappa shape index (κ2) is 7.13. The summed E-state index contributed by atoms with van der Waals surface area (Å²) in [5.74, 6) is 0.441. The van der Waals surface area contributed by atoms with Crippen LogP contribution in [0.4, 0.5) is 5.69 Å². The van der Waals surface area contributed by atoms with E-state index < -0.39 is 10.8 Å². The Balaban J connectivity index is 1.65. The monoisotopic (exact) mass is 337 g/mol. The second-order valence-electron chi connectivity index (χ2n) is 4.80. The van der Waals surface area contributed by atoms with E-state index in [1.807, 2.05) is 0 Å². The Kier molecular flexibility index (Phi) is 4.56. The zero-order chi connectivity index (χ0) is 17.6. The molecule has 0 aliphatic carbocycles. The number of furan rings is 1. The molecule has 3 rings (SSSR count). The molecule has 3 aromatic rings. The number of hydrogen-bond donors (Lipinski definition) is 1. The first-order chi connectivity index (χ1) is 12.1. The van der Waals surface area contributed by atoms with Crippen LogP contribution >= 0.6 is 0 Å². The Bertz CT molecular complexity index is 919. The van der Waals surface area contributed by atoms with Crippen molar-refractivity contribution in [3.63, 3.8) is 0 Å². The van der Waals surface area contributed by atoms with Gasteiger partial charge in [-0.05, 0) is 24.3 Å². The molecule has 9 heteroatoms. The Labute approximate surface area is 141 Å². The normalized spacial score (nSPS) is 10.7. The molecule has 0 bridgehead atoms. The van der Waals surface area contributed by atoms with Crippen molar-refractivity contribution >= 4 is 17.8 Å². The van der Waals surface area contributed by atoms with E-state index in [-0.39, 0.29) is 11.4 Å². The van der Waals surface area contributed by atoms with Gasteiger partial charge < -0.3 is 4.42 Å². The van der Waals surface area contributed by atoms with Crippen LogP contribution in [0.3, 0.4) is 0 Å². The summed E-state index contributed by atoms with van der Waals surface area (Å²) < 4.78 is 5.56. The third-order valence-corrected chi connectivity index (χ3v) is 3.14. The first kappa shape index (κ1) is 16.0.